The van der Waals surface area contributed by atoms with Crippen LogP contribution < -0.4 is 20.1 Å². The number of rotatable bonds is 9. The van der Waals surface area contributed by atoms with Crippen molar-refractivity contribution in [2.75, 3.05) is 23.8 Å². The molecular weight excluding hydrogens is 356 g/mol. The molecule has 0 radical (unpaired) electrons. The molecule has 0 aromatic heterocycles. The van der Waals surface area contributed by atoms with E-state index in [4.69, 9.17) is 9.47 Å². The van der Waals surface area contributed by atoms with Gasteiger partial charge in [-0.25, -0.2) is 0 Å². The summed E-state index contributed by atoms with van der Waals surface area (Å²) >= 11 is 0. The highest BCUT2D eigenvalue weighted by Crippen LogP contribution is 2.29. The van der Waals surface area contributed by atoms with E-state index >= 15 is 0 Å². The SMILES string of the molecule is CCOc1ccc(C=CC(=O)Nc2ccc(NC(=O)CC)cc2)cc1OCC. The molecule has 0 unspecified atom stereocenters. The van der Waals surface area contributed by atoms with Crippen LogP contribution in [0.25, 0.3) is 6.08 Å². The van der Waals surface area contributed by atoms with E-state index in [9.17, 15) is 9.59 Å². The van der Waals surface area contributed by atoms with E-state index in [1.165, 1.54) is 6.08 Å². The van der Waals surface area contributed by atoms with Crippen LogP contribution in [0, 0.1) is 0 Å². The molecule has 0 heterocycles. The number of nitrogens with one attached hydrogen (secondary N) is 2. The molecule has 0 spiro atoms. The van der Waals surface area contributed by atoms with Gasteiger partial charge in [0.1, 0.15) is 0 Å². The molecule has 2 aromatic rings. The molecule has 2 N–H and O–H groups in total. The maximum atomic E-state index is 12.2. The van der Waals surface area contributed by atoms with E-state index in [-0.39, 0.29) is 11.8 Å². The third kappa shape index (κ3) is 6.46. The first-order valence-corrected chi connectivity index (χ1v) is 9.34. The van der Waals surface area contributed by atoms with Crippen LogP contribution in [0.1, 0.15) is 32.8 Å². The van der Waals surface area contributed by atoms with E-state index in [2.05, 4.69) is 10.6 Å². The number of benzene rings is 2. The Bertz CT molecular complexity index is 829. The summed E-state index contributed by atoms with van der Waals surface area (Å²) in [6.07, 6.45) is 3.58. The largest absolute Gasteiger partial charge is 0.490 e. The maximum Gasteiger partial charge on any atom is 0.248 e. The molecule has 0 saturated carbocycles. The maximum absolute atomic E-state index is 12.2. The van der Waals surface area contributed by atoms with E-state index < -0.39 is 0 Å². The summed E-state index contributed by atoms with van der Waals surface area (Å²) in [4.78, 5) is 23.5. The lowest BCUT2D eigenvalue weighted by atomic mass is 10.2. The van der Waals surface area contributed by atoms with Gasteiger partial charge >= 0.3 is 0 Å². The van der Waals surface area contributed by atoms with Crippen LogP contribution >= 0.6 is 0 Å². The Balaban J connectivity index is 1.99. The Morgan fingerprint density at radius 2 is 1.46 bits per heavy atom. The third-order valence-electron chi connectivity index (χ3n) is 3.75. The van der Waals surface area contributed by atoms with Crippen molar-refractivity contribution in [1.82, 2.24) is 0 Å². The lowest BCUT2D eigenvalue weighted by molar-refractivity contribution is -0.116. The van der Waals surface area contributed by atoms with Crippen LogP contribution in [-0.4, -0.2) is 25.0 Å². The molecule has 2 amide bonds. The van der Waals surface area contributed by atoms with Gasteiger partial charge in [-0.15, -0.1) is 0 Å². The highest BCUT2D eigenvalue weighted by molar-refractivity contribution is 6.02. The fraction of sp³-hybridized carbons (Fsp3) is 0.273. The number of hydrogen-bond acceptors (Lipinski definition) is 4. The molecule has 0 bridgehead atoms. The minimum absolute atomic E-state index is 0.0542. The first-order chi connectivity index (χ1) is 13.5. The zero-order valence-corrected chi connectivity index (χ0v) is 16.5. The summed E-state index contributed by atoms with van der Waals surface area (Å²) in [5.41, 5.74) is 2.17. The first kappa shape index (κ1) is 21.0. The molecule has 2 rings (SSSR count). The van der Waals surface area contributed by atoms with Gasteiger partial charge in [-0.1, -0.05) is 13.0 Å². The van der Waals surface area contributed by atoms with Crippen molar-refractivity contribution in [2.24, 2.45) is 0 Å². The van der Waals surface area contributed by atoms with Crippen molar-refractivity contribution in [3.8, 4) is 11.5 Å². The van der Waals surface area contributed by atoms with Gasteiger partial charge in [0.05, 0.1) is 13.2 Å². The van der Waals surface area contributed by atoms with Gasteiger partial charge in [-0.2, -0.15) is 0 Å². The smallest absolute Gasteiger partial charge is 0.248 e. The Hall–Kier alpha value is -3.28. The van der Waals surface area contributed by atoms with Crippen molar-refractivity contribution in [1.29, 1.82) is 0 Å². The monoisotopic (exact) mass is 382 g/mol. The Labute approximate surface area is 165 Å². The van der Waals surface area contributed by atoms with Crippen LogP contribution in [-0.2, 0) is 9.59 Å². The molecule has 0 aliphatic heterocycles. The predicted octanol–water partition coefficient (Wildman–Crippen LogP) is 4.48. The second-order valence-electron chi connectivity index (χ2n) is 5.87. The van der Waals surface area contributed by atoms with Crippen LogP contribution in [0.5, 0.6) is 11.5 Å². The number of hydrogen-bond donors (Lipinski definition) is 2. The summed E-state index contributed by atoms with van der Waals surface area (Å²) in [7, 11) is 0. The van der Waals surface area contributed by atoms with Crippen molar-refractivity contribution < 1.29 is 19.1 Å². The molecular formula is C22H26N2O4. The summed E-state index contributed by atoms with van der Waals surface area (Å²) in [5, 5.41) is 5.54. The predicted molar refractivity (Wildman–Crippen MR) is 112 cm³/mol. The van der Waals surface area contributed by atoms with Gasteiger partial charge in [0.2, 0.25) is 11.8 Å². The van der Waals surface area contributed by atoms with E-state index in [1.54, 1.807) is 37.3 Å². The zero-order valence-electron chi connectivity index (χ0n) is 16.5. The molecule has 0 saturated heterocycles. The average molecular weight is 382 g/mol. The van der Waals surface area contributed by atoms with Gasteiger partial charge < -0.3 is 20.1 Å². The number of carbonyl (C=O) groups is 2. The second kappa shape index (κ2) is 10.8. The molecule has 28 heavy (non-hydrogen) atoms. The quantitative estimate of drug-likeness (QED) is 0.627. The average Bonchev–Trinajstić information content (AvgIpc) is 2.70. The van der Waals surface area contributed by atoms with Crippen molar-refractivity contribution in [2.45, 2.75) is 27.2 Å². The molecule has 6 heteroatoms. The standard InChI is InChI=1S/C22H26N2O4/c1-4-21(25)23-17-9-11-18(12-10-17)24-22(26)14-8-16-7-13-19(27-5-2)20(15-16)28-6-3/h7-15H,4-6H2,1-3H3,(H,23,25)(H,24,26). The normalized spacial score (nSPS) is 10.5. The Morgan fingerprint density at radius 1 is 0.857 bits per heavy atom. The summed E-state index contributed by atoms with van der Waals surface area (Å²) in [6.45, 7) is 6.70. The third-order valence-corrected chi connectivity index (χ3v) is 3.75. The molecule has 6 nitrogen and oxygen atoms in total. The van der Waals surface area contributed by atoms with Crippen molar-refractivity contribution >= 4 is 29.3 Å². The number of ether oxygens (including phenoxy) is 2. The topological polar surface area (TPSA) is 76.7 Å². The van der Waals surface area contributed by atoms with Crippen LogP contribution in [0.4, 0.5) is 11.4 Å². The first-order valence-electron chi connectivity index (χ1n) is 9.34. The van der Waals surface area contributed by atoms with Crippen molar-refractivity contribution in [3.05, 3.63) is 54.1 Å². The van der Waals surface area contributed by atoms with Gasteiger partial charge in [0, 0.05) is 23.9 Å². The van der Waals surface area contributed by atoms with Crippen LogP contribution in [0.2, 0.25) is 0 Å². The zero-order chi connectivity index (χ0) is 20.4. The minimum Gasteiger partial charge on any atom is -0.490 e. The summed E-state index contributed by atoms with van der Waals surface area (Å²) < 4.78 is 11.1. The van der Waals surface area contributed by atoms with Gasteiger partial charge in [0.25, 0.3) is 0 Å². The van der Waals surface area contributed by atoms with E-state index in [1.807, 2.05) is 32.0 Å². The summed E-state index contributed by atoms with van der Waals surface area (Å²) in [6, 6.07) is 12.5. The lowest BCUT2D eigenvalue weighted by Crippen LogP contribution is -2.10. The Kier molecular flexibility index (Phi) is 8.09. The second-order valence-corrected chi connectivity index (χ2v) is 5.87. The highest BCUT2D eigenvalue weighted by atomic mass is 16.5. The molecule has 0 aliphatic carbocycles. The van der Waals surface area contributed by atoms with E-state index in [0.29, 0.717) is 42.5 Å². The minimum atomic E-state index is -0.253. The Morgan fingerprint density at radius 3 is 2.07 bits per heavy atom. The number of amides is 2. The van der Waals surface area contributed by atoms with Gasteiger partial charge in [-0.3, -0.25) is 9.59 Å². The van der Waals surface area contributed by atoms with Gasteiger partial charge in [-0.05, 0) is 61.9 Å². The van der Waals surface area contributed by atoms with Crippen LogP contribution in [0.15, 0.2) is 48.5 Å². The van der Waals surface area contributed by atoms with Crippen LogP contribution in [0.3, 0.4) is 0 Å². The fourth-order valence-electron chi connectivity index (χ4n) is 2.41. The lowest BCUT2D eigenvalue weighted by Gasteiger charge is -2.11. The molecule has 148 valence electrons. The molecule has 0 atom stereocenters. The van der Waals surface area contributed by atoms with Gasteiger partial charge in [0.15, 0.2) is 11.5 Å². The molecule has 0 fully saturated rings. The number of carbonyl (C=O) groups excluding carboxylic acids is 2. The fourth-order valence-corrected chi connectivity index (χ4v) is 2.41. The number of anilines is 2. The molecule has 0 aliphatic rings. The van der Waals surface area contributed by atoms with Crippen molar-refractivity contribution in [3.63, 3.8) is 0 Å². The van der Waals surface area contributed by atoms with E-state index in [0.717, 1.165) is 5.56 Å². The highest BCUT2D eigenvalue weighted by Gasteiger charge is 2.05. The summed E-state index contributed by atoms with van der Waals surface area (Å²) in [5.74, 6) is 1.02. The molecule has 2 aromatic carbocycles.